The molecule has 0 aliphatic carbocycles. The molecule has 0 aliphatic rings. The Kier molecular flexibility index (Phi) is 5.04. The molecule has 0 radical (unpaired) electrons. The third kappa shape index (κ3) is 4.38. The van der Waals surface area contributed by atoms with Crippen molar-refractivity contribution in [2.24, 2.45) is 0 Å². The van der Waals surface area contributed by atoms with Crippen molar-refractivity contribution in [2.75, 3.05) is 0 Å². The van der Waals surface area contributed by atoms with E-state index in [9.17, 15) is 14.4 Å². The number of carboxylic acids is 1. The SMILES string of the molecule is O=C(C=C(O)C(=O)O)CC(=O)c1ccc(-c2ccccc2)cc1. The maximum absolute atomic E-state index is 12.0. The maximum atomic E-state index is 12.0. The van der Waals surface area contributed by atoms with Crippen LogP contribution >= 0.6 is 0 Å². The summed E-state index contributed by atoms with van der Waals surface area (Å²) in [5.41, 5.74) is 2.30. The fourth-order valence-corrected chi connectivity index (χ4v) is 2.00. The zero-order chi connectivity index (χ0) is 16.8. The fraction of sp³-hybridized carbons (Fsp3) is 0.0556. The largest absolute Gasteiger partial charge is 0.502 e. The van der Waals surface area contributed by atoms with Crippen LogP contribution in [-0.4, -0.2) is 27.7 Å². The van der Waals surface area contributed by atoms with E-state index in [1.807, 2.05) is 30.3 Å². The Morgan fingerprint density at radius 2 is 1.39 bits per heavy atom. The van der Waals surface area contributed by atoms with Gasteiger partial charge in [-0.05, 0) is 11.1 Å². The van der Waals surface area contributed by atoms with Gasteiger partial charge in [0, 0.05) is 11.6 Å². The average molecular weight is 310 g/mol. The minimum Gasteiger partial charge on any atom is -0.502 e. The third-order valence-corrected chi connectivity index (χ3v) is 3.17. The molecule has 0 saturated heterocycles. The minimum atomic E-state index is -1.61. The van der Waals surface area contributed by atoms with Gasteiger partial charge in [-0.2, -0.15) is 0 Å². The number of benzene rings is 2. The van der Waals surface area contributed by atoms with Crippen LogP contribution in [0, 0.1) is 0 Å². The van der Waals surface area contributed by atoms with Crippen LogP contribution in [-0.2, 0) is 9.59 Å². The second kappa shape index (κ2) is 7.17. The van der Waals surface area contributed by atoms with Gasteiger partial charge in [0.15, 0.2) is 11.6 Å². The summed E-state index contributed by atoms with van der Waals surface area (Å²) in [4.78, 5) is 33.9. The Bertz CT molecular complexity index is 758. The van der Waals surface area contributed by atoms with Crippen molar-refractivity contribution in [3.05, 3.63) is 72.0 Å². The van der Waals surface area contributed by atoms with E-state index in [1.54, 1.807) is 24.3 Å². The molecule has 2 rings (SSSR count). The van der Waals surface area contributed by atoms with E-state index in [-0.39, 0.29) is 0 Å². The molecule has 0 aliphatic heterocycles. The highest BCUT2D eigenvalue weighted by molar-refractivity contribution is 6.12. The zero-order valence-corrected chi connectivity index (χ0v) is 12.1. The van der Waals surface area contributed by atoms with E-state index in [0.29, 0.717) is 11.6 Å². The Morgan fingerprint density at radius 3 is 1.96 bits per heavy atom. The summed E-state index contributed by atoms with van der Waals surface area (Å²) < 4.78 is 0. The lowest BCUT2D eigenvalue weighted by Gasteiger charge is -2.03. The van der Waals surface area contributed by atoms with E-state index in [2.05, 4.69) is 0 Å². The van der Waals surface area contributed by atoms with Gasteiger partial charge in [-0.15, -0.1) is 0 Å². The number of hydrogen-bond acceptors (Lipinski definition) is 4. The predicted octanol–water partition coefficient (Wildman–Crippen LogP) is 3.02. The van der Waals surface area contributed by atoms with Crippen molar-refractivity contribution in [1.29, 1.82) is 0 Å². The molecule has 0 fully saturated rings. The van der Waals surface area contributed by atoms with Crippen molar-refractivity contribution < 1.29 is 24.6 Å². The number of Topliss-reactive ketones (excluding diaryl/α,β-unsaturated/α-hetero) is 1. The first-order valence-electron chi connectivity index (χ1n) is 6.83. The number of carbonyl (C=O) groups is 3. The standard InChI is InChI=1S/C18H14O5/c19-15(11-17(21)18(22)23)10-16(20)14-8-6-13(7-9-14)12-4-2-1-3-5-12/h1-9,11,21H,10H2,(H,22,23). The van der Waals surface area contributed by atoms with Gasteiger partial charge in [0.25, 0.3) is 0 Å². The number of carbonyl (C=O) groups excluding carboxylic acids is 2. The van der Waals surface area contributed by atoms with Crippen molar-refractivity contribution in [1.82, 2.24) is 0 Å². The number of aliphatic hydroxyl groups is 1. The number of aliphatic carboxylic acids is 1. The third-order valence-electron chi connectivity index (χ3n) is 3.17. The van der Waals surface area contributed by atoms with Gasteiger partial charge in [-0.25, -0.2) is 4.79 Å². The first-order chi connectivity index (χ1) is 11.0. The van der Waals surface area contributed by atoms with Crippen LogP contribution in [0.3, 0.4) is 0 Å². The van der Waals surface area contributed by atoms with Crippen molar-refractivity contribution in [3.63, 3.8) is 0 Å². The molecule has 2 N–H and O–H groups in total. The van der Waals surface area contributed by atoms with Crippen LogP contribution in [0.15, 0.2) is 66.4 Å². The number of aliphatic hydroxyl groups excluding tert-OH is 1. The molecule has 2 aromatic carbocycles. The zero-order valence-electron chi connectivity index (χ0n) is 12.1. The van der Waals surface area contributed by atoms with Crippen LogP contribution in [0.4, 0.5) is 0 Å². The van der Waals surface area contributed by atoms with Gasteiger partial charge in [0.05, 0.1) is 6.42 Å². The smallest absolute Gasteiger partial charge is 0.371 e. The molecule has 5 heteroatoms. The van der Waals surface area contributed by atoms with Crippen LogP contribution in [0.1, 0.15) is 16.8 Å². The lowest BCUT2D eigenvalue weighted by Crippen LogP contribution is -2.09. The second-order valence-corrected chi connectivity index (χ2v) is 4.84. The Labute approximate surface area is 132 Å². The quantitative estimate of drug-likeness (QED) is 0.370. The van der Waals surface area contributed by atoms with Crippen molar-refractivity contribution in [2.45, 2.75) is 6.42 Å². The maximum Gasteiger partial charge on any atom is 0.371 e. The van der Waals surface area contributed by atoms with E-state index in [1.165, 1.54) is 0 Å². The molecule has 116 valence electrons. The Morgan fingerprint density at radius 1 is 0.826 bits per heavy atom. The average Bonchev–Trinajstić information content (AvgIpc) is 2.55. The number of hydrogen-bond donors (Lipinski definition) is 2. The summed E-state index contributed by atoms with van der Waals surface area (Å²) >= 11 is 0. The molecular weight excluding hydrogens is 296 g/mol. The second-order valence-electron chi connectivity index (χ2n) is 4.84. The lowest BCUT2D eigenvalue weighted by atomic mass is 10.0. The fourth-order valence-electron chi connectivity index (χ4n) is 2.00. The number of ketones is 2. The van der Waals surface area contributed by atoms with Gasteiger partial charge in [0.2, 0.25) is 5.76 Å². The van der Waals surface area contributed by atoms with Gasteiger partial charge in [-0.3, -0.25) is 9.59 Å². The molecule has 5 nitrogen and oxygen atoms in total. The van der Waals surface area contributed by atoms with Crippen molar-refractivity contribution in [3.8, 4) is 11.1 Å². The minimum absolute atomic E-state index is 0.348. The Hall–Kier alpha value is -3.21. The predicted molar refractivity (Wildman–Crippen MR) is 84.2 cm³/mol. The molecule has 0 spiro atoms. The number of carboxylic acid groups (broad SMARTS) is 1. The van der Waals surface area contributed by atoms with Gasteiger partial charge < -0.3 is 10.2 Å². The summed E-state index contributed by atoms with van der Waals surface area (Å²) in [6.45, 7) is 0. The highest BCUT2D eigenvalue weighted by Gasteiger charge is 2.13. The van der Waals surface area contributed by atoms with Gasteiger partial charge >= 0.3 is 5.97 Å². The molecule has 0 amide bonds. The summed E-state index contributed by atoms with van der Waals surface area (Å²) in [6.07, 6.45) is 0.0423. The van der Waals surface area contributed by atoms with Crippen LogP contribution in [0.5, 0.6) is 0 Å². The molecule has 0 aromatic heterocycles. The molecule has 0 unspecified atom stereocenters. The number of allylic oxidation sites excluding steroid dienone is 1. The molecule has 0 atom stereocenters. The van der Waals surface area contributed by atoms with E-state index < -0.39 is 29.7 Å². The number of rotatable bonds is 6. The van der Waals surface area contributed by atoms with Gasteiger partial charge in [0.1, 0.15) is 0 Å². The molecule has 23 heavy (non-hydrogen) atoms. The van der Waals surface area contributed by atoms with Gasteiger partial charge in [-0.1, -0.05) is 54.6 Å². The summed E-state index contributed by atoms with van der Waals surface area (Å²) in [5.74, 6) is -3.90. The molecule has 2 aromatic rings. The lowest BCUT2D eigenvalue weighted by molar-refractivity contribution is -0.135. The normalized spacial score (nSPS) is 11.0. The first kappa shape index (κ1) is 16.2. The van der Waals surface area contributed by atoms with Crippen LogP contribution < -0.4 is 0 Å². The highest BCUT2D eigenvalue weighted by Crippen LogP contribution is 2.19. The van der Waals surface area contributed by atoms with E-state index in [4.69, 9.17) is 10.2 Å². The van der Waals surface area contributed by atoms with E-state index >= 15 is 0 Å². The van der Waals surface area contributed by atoms with Crippen LogP contribution in [0.2, 0.25) is 0 Å². The van der Waals surface area contributed by atoms with Crippen molar-refractivity contribution >= 4 is 17.5 Å². The molecular formula is C18H14O5. The summed E-state index contributed by atoms with van der Waals surface area (Å²) in [5, 5.41) is 17.4. The Balaban J connectivity index is 2.08. The molecule has 0 bridgehead atoms. The first-order valence-corrected chi connectivity index (χ1v) is 6.83. The summed E-state index contributed by atoms with van der Waals surface area (Å²) in [6, 6.07) is 16.4. The highest BCUT2D eigenvalue weighted by atomic mass is 16.4. The molecule has 0 saturated carbocycles. The van der Waals surface area contributed by atoms with Crippen LogP contribution in [0.25, 0.3) is 11.1 Å². The summed E-state index contributed by atoms with van der Waals surface area (Å²) in [7, 11) is 0. The monoisotopic (exact) mass is 310 g/mol. The topological polar surface area (TPSA) is 91.7 Å². The molecule has 0 heterocycles. The van der Waals surface area contributed by atoms with E-state index in [0.717, 1.165) is 11.1 Å².